The van der Waals surface area contributed by atoms with Crippen LogP contribution in [0, 0.1) is 0 Å². The van der Waals surface area contributed by atoms with Gasteiger partial charge in [-0.15, -0.1) is 11.3 Å². The fraction of sp³-hybridized carbons (Fsp3) is 0.333. The van der Waals surface area contributed by atoms with Crippen LogP contribution >= 0.6 is 22.9 Å². The van der Waals surface area contributed by atoms with Crippen molar-refractivity contribution >= 4 is 33.0 Å². The summed E-state index contributed by atoms with van der Waals surface area (Å²) in [7, 11) is 0. The predicted octanol–water partition coefficient (Wildman–Crippen LogP) is 3.98. The van der Waals surface area contributed by atoms with Gasteiger partial charge >= 0.3 is 0 Å². The zero-order valence-corrected chi connectivity index (χ0v) is 9.87. The van der Waals surface area contributed by atoms with E-state index >= 15 is 0 Å². The summed E-state index contributed by atoms with van der Waals surface area (Å²) in [5, 5.41) is 5.66. The van der Waals surface area contributed by atoms with Gasteiger partial charge in [0.2, 0.25) is 0 Å². The molecule has 0 amide bonds. The van der Waals surface area contributed by atoms with E-state index in [1.807, 2.05) is 17.4 Å². The first kappa shape index (κ1) is 9.64. The van der Waals surface area contributed by atoms with Gasteiger partial charge in [0.1, 0.15) is 0 Å². The van der Waals surface area contributed by atoms with Crippen molar-refractivity contribution in [2.75, 3.05) is 6.54 Å². The fourth-order valence-corrected chi connectivity index (χ4v) is 3.84. The number of benzene rings is 1. The average Bonchev–Trinajstić information content (AvgIpc) is 2.87. The maximum absolute atomic E-state index is 6.41. The molecule has 0 aliphatic carbocycles. The van der Waals surface area contributed by atoms with Gasteiger partial charge in [-0.1, -0.05) is 29.8 Å². The molecule has 78 valence electrons. The molecule has 0 saturated carbocycles. The lowest BCUT2D eigenvalue weighted by atomic mass is 10.1. The summed E-state index contributed by atoms with van der Waals surface area (Å²) in [6.07, 6.45) is 2.47. The van der Waals surface area contributed by atoms with Crippen LogP contribution in [0.3, 0.4) is 0 Å². The molecule has 1 atom stereocenters. The molecule has 15 heavy (non-hydrogen) atoms. The van der Waals surface area contributed by atoms with Crippen LogP contribution in [0.15, 0.2) is 24.3 Å². The van der Waals surface area contributed by atoms with E-state index in [0.29, 0.717) is 6.04 Å². The Morgan fingerprint density at radius 2 is 2.20 bits per heavy atom. The highest BCUT2D eigenvalue weighted by molar-refractivity contribution is 7.19. The molecule has 3 rings (SSSR count). The zero-order valence-electron chi connectivity index (χ0n) is 8.29. The largest absolute Gasteiger partial charge is 0.309 e. The molecule has 1 N–H and O–H groups in total. The van der Waals surface area contributed by atoms with Gasteiger partial charge in [0, 0.05) is 21.0 Å². The molecular formula is C12H12ClNS. The predicted molar refractivity (Wildman–Crippen MR) is 66.8 cm³/mol. The molecule has 1 unspecified atom stereocenters. The minimum Gasteiger partial charge on any atom is -0.309 e. The molecule has 3 heteroatoms. The number of nitrogens with one attached hydrogen (secondary N) is 1. The van der Waals surface area contributed by atoms with Gasteiger partial charge in [0.25, 0.3) is 0 Å². The van der Waals surface area contributed by atoms with E-state index in [1.54, 1.807) is 0 Å². The Bertz CT molecular complexity index is 485. The normalized spacial score (nSPS) is 21.3. The number of halogens is 1. The first-order valence-electron chi connectivity index (χ1n) is 5.26. The third kappa shape index (κ3) is 1.57. The smallest absolute Gasteiger partial charge is 0.0639 e. The highest BCUT2D eigenvalue weighted by atomic mass is 35.5. The van der Waals surface area contributed by atoms with E-state index in [2.05, 4.69) is 23.5 Å². The second kappa shape index (κ2) is 3.78. The second-order valence-corrected chi connectivity index (χ2v) is 5.39. The van der Waals surface area contributed by atoms with Crippen LogP contribution < -0.4 is 5.32 Å². The van der Waals surface area contributed by atoms with Gasteiger partial charge in [0.05, 0.1) is 5.02 Å². The van der Waals surface area contributed by atoms with E-state index < -0.39 is 0 Å². The van der Waals surface area contributed by atoms with Crippen molar-refractivity contribution in [3.63, 3.8) is 0 Å². The number of rotatable bonds is 1. The molecule has 1 aromatic heterocycles. The molecule has 1 aliphatic rings. The van der Waals surface area contributed by atoms with Crippen molar-refractivity contribution in [3.8, 4) is 0 Å². The lowest BCUT2D eigenvalue weighted by Gasteiger charge is -2.07. The summed E-state index contributed by atoms with van der Waals surface area (Å²) in [4.78, 5) is 1.32. The van der Waals surface area contributed by atoms with Crippen LogP contribution in [0.5, 0.6) is 0 Å². The summed E-state index contributed by atoms with van der Waals surface area (Å²) in [6.45, 7) is 1.12. The summed E-state index contributed by atoms with van der Waals surface area (Å²) < 4.78 is 1.30. The monoisotopic (exact) mass is 237 g/mol. The Hall–Kier alpha value is -0.570. The van der Waals surface area contributed by atoms with Crippen molar-refractivity contribution in [1.82, 2.24) is 5.32 Å². The first-order chi connectivity index (χ1) is 7.36. The Balaban J connectivity index is 2.14. The molecule has 2 heterocycles. The molecule has 1 aromatic carbocycles. The summed E-state index contributed by atoms with van der Waals surface area (Å²) in [6, 6.07) is 8.85. The topological polar surface area (TPSA) is 12.0 Å². The lowest BCUT2D eigenvalue weighted by molar-refractivity contribution is 0.660. The van der Waals surface area contributed by atoms with Gasteiger partial charge in [0.15, 0.2) is 0 Å². The Morgan fingerprint density at radius 3 is 2.93 bits per heavy atom. The van der Waals surface area contributed by atoms with Crippen molar-refractivity contribution in [2.24, 2.45) is 0 Å². The van der Waals surface area contributed by atoms with Gasteiger partial charge < -0.3 is 5.32 Å². The fourth-order valence-electron chi connectivity index (χ4n) is 2.17. The minimum atomic E-state index is 0.481. The third-order valence-electron chi connectivity index (χ3n) is 2.94. The quantitative estimate of drug-likeness (QED) is 0.791. The first-order valence-corrected chi connectivity index (χ1v) is 6.46. The highest BCUT2D eigenvalue weighted by Gasteiger charge is 2.22. The SMILES string of the molecule is Clc1c(C2CCCN2)sc2ccccc12. The molecular weight excluding hydrogens is 226 g/mol. The van der Waals surface area contributed by atoms with Gasteiger partial charge in [-0.25, -0.2) is 0 Å². The van der Waals surface area contributed by atoms with Crippen LogP contribution in [-0.2, 0) is 0 Å². The van der Waals surface area contributed by atoms with E-state index in [0.717, 1.165) is 11.6 Å². The standard InChI is InChI=1S/C12H12ClNS/c13-11-8-4-1-2-6-10(8)15-12(11)9-5-3-7-14-9/h1-2,4,6,9,14H,3,5,7H2. The Morgan fingerprint density at radius 1 is 1.33 bits per heavy atom. The Labute approximate surface area is 98.1 Å². The lowest BCUT2D eigenvalue weighted by Crippen LogP contribution is -2.11. The van der Waals surface area contributed by atoms with Crippen LogP contribution in [0.2, 0.25) is 5.02 Å². The van der Waals surface area contributed by atoms with E-state index in [9.17, 15) is 0 Å². The summed E-state index contributed by atoms with van der Waals surface area (Å²) in [5.74, 6) is 0. The third-order valence-corrected chi connectivity index (χ3v) is 4.74. The van der Waals surface area contributed by atoms with Gasteiger partial charge in [-0.2, -0.15) is 0 Å². The molecule has 1 fully saturated rings. The van der Waals surface area contributed by atoms with E-state index in [-0.39, 0.29) is 0 Å². The number of thiophene rings is 1. The maximum Gasteiger partial charge on any atom is 0.0639 e. The molecule has 1 nitrogen and oxygen atoms in total. The molecule has 2 aromatic rings. The molecule has 0 spiro atoms. The van der Waals surface area contributed by atoms with Crippen LogP contribution in [0.4, 0.5) is 0 Å². The van der Waals surface area contributed by atoms with E-state index in [1.165, 1.54) is 27.8 Å². The molecule has 1 aliphatic heterocycles. The van der Waals surface area contributed by atoms with Crippen molar-refractivity contribution < 1.29 is 0 Å². The summed E-state index contributed by atoms with van der Waals surface area (Å²) in [5.41, 5.74) is 0. The van der Waals surface area contributed by atoms with Gasteiger partial charge in [-0.3, -0.25) is 0 Å². The summed E-state index contributed by atoms with van der Waals surface area (Å²) >= 11 is 8.23. The Kier molecular flexibility index (Phi) is 2.43. The van der Waals surface area contributed by atoms with Crippen LogP contribution in [0.25, 0.3) is 10.1 Å². The van der Waals surface area contributed by atoms with Crippen molar-refractivity contribution in [2.45, 2.75) is 18.9 Å². The minimum absolute atomic E-state index is 0.481. The number of hydrogen-bond acceptors (Lipinski definition) is 2. The molecule has 0 bridgehead atoms. The van der Waals surface area contributed by atoms with Crippen molar-refractivity contribution in [3.05, 3.63) is 34.2 Å². The number of fused-ring (bicyclic) bond motifs is 1. The average molecular weight is 238 g/mol. The number of hydrogen-bond donors (Lipinski definition) is 1. The highest BCUT2D eigenvalue weighted by Crippen LogP contribution is 2.41. The zero-order chi connectivity index (χ0) is 10.3. The molecule has 1 saturated heterocycles. The second-order valence-electron chi connectivity index (χ2n) is 3.93. The maximum atomic E-state index is 6.41. The van der Waals surface area contributed by atoms with Gasteiger partial charge in [-0.05, 0) is 25.5 Å². The molecule has 0 radical (unpaired) electrons. The van der Waals surface area contributed by atoms with Crippen LogP contribution in [-0.4, -0.2) is 6.54 Å². The van der Waals surface area contributed by atoms with Crippen molar-refractivity contribution in [1.29, 1.82) is 0 Å². The van der Waals surface area contributed by atoms with E-state index in [4.69, 9.17) is 11.6 Å². The van der Waals surface area contributed by atoms with Crippen LogP contribution in [0.1, 0.15) is 23.8 Å².